The highest BCUT2D eigenvalue weighted by molar-refractivity contribution is 7.09. The third kappa shape index (κ3) is 4.34. The van der Waals surface area contributed by atoms with Gasteiger partial charge >= 0.3 is 0 Å². The fraction of sp³-hybridized carbons (Fsp3) is 0.353. The first-order valence-electron chi connectivity index (χ1n) is 8.00. The molecule has 2 aromatic rings. The van der Waals surface area contributed by atoms with Crippen molar-refractivity contribution in [1.82, 2.24) is 9.91 Å². The second-order valence-corrected chi connectivity index (χ2v) is 6.64. The van der Waals surface area contributed by atoms with Crippen molar-refractivity contribution < 1.29 is 19.1 Å². The Hall–Kier alpha value is -2.45. The molecular weight excluding hydrogens is 342 g/mol. The Balaban J connectivity index is 1.80. The smallest absolute Gasteiger partial charge is 0.270 e. The molecule has 0 radical (unpaired) electrons. The first-order valence-corrected chi connectivity index (χ1v) is 8.88. The van der Waals surface area contributed by atoms with Gasteiger partial charge in [-0.1, -0.05) is 6.07 Å². The number of carbonyl (C=O) groups is 2. The topological polar surface area (TPSA) is 86.3 Å². The zero-order chi connectivity index (χ0) is 17.6. The Morgan fingerprint density at radius 1 is 1.32 bits per heavy atom. The minimum absolute atomic E-state index is 0.0960. The molecule has 2 amide bonds. The van der Waals surface area contributed by atoms with E-state index < -0.39 is 0 Å². The van der Waals surface area contributed by atoms with Crippen LogP contribution in [0.1, 0.15) is 23.5 Å². The number of thiophene rings is 1. The van der Waals surface area contributed by atoms with Crippen LogP contribution in [0.5, 0.6) is 0 Å². The summed E-state index contributed by atoms with van der Waals surface area (Å²) in [6.45, 7) is 0.682. The van der Waals surface area contributed by atoms with Crippen molar-refractivity contribution in [1.29, 1.82) is 0 Å². The summed E-state index contributed by atoms with van der Waals surface area (Å²) in [5.41, 5.74) is 0.330. The molecule has 25 heavy (non-hydrogen) atoms. The maximum absolute atomic E-state index is 13.0. The summed E-state index contributed by atoms with van der Waals surface area (Å²) in [4.78, 5) is 27.5. The Bertz CT molecular complexity index is 704. The van der Waals surface area contributed by atoms with Crippen molar-refractivity contribution in [3.8, 4) is 0 Å². The van der Waals surface area contributed by atoms with Crippen LogP contribution in [-0.2, 0) is 22.7 Å². The normalized spacial score (nSPS) is 14.5. The molecule has 0 saturated carbocycles. The molecule has 3 rings (SSSR count). The largest absolute Gasteiger partial charge is 0.467 e. The van der Waals surface area contributed by atoms with Gasteiger partial charge in [0.05, 0.1) is 32.5 Å². The lowest BCUT2D eigenvalue weighted by Crippen LogP contribution is -2.41. The van der Waals surface area contributed by atoms with E-state index in [1.165, 1.54) is 5.01 Å². The first kappa shape index (κ1) is 17.4. The quantitative estimate of drug-likeness (QED) is 0.815. The average molecular weight is 361 g/mol. The molecule has 0 saturated heterocycles. The van der Waals surface area contributed by atoms with Crippen LogP contribution in [0.25, 0.3) is 0 Å². The van der Waals surface area contributed by atoms with Gasteiger partial charge in [0.25, 0.3) is 5.91 Å². The molecule has 1 aliphatic heterocycles. The number of hydrogen-bond donors (Lipinski definition) is 1. The molecular formula is C17H19N3O4S. The molecule has 1 aliphatic rings. The monoisotopic (exact) mass is 361 g/mol. The number of aliphatic hydroxyl groups is 1. The third-order valence-electron chi connectivity index (χ3n) is 3.80. The van der Waals surface area contributed by atoms with Gasteiger partial charge in [-0.25, -0.2) is 5.01 Å². The Labute approximate surface area is 149 Å². The van der Waals surface area contributed by atoms with Crippen molar-refractivity contribution >= 4 is 28.9 Å². The van der Waals surface area contributed by atoms with Crippen LogP contribution in [-0.4, -0.2) is 45.7 Å². The van der Waals surface area contributed by atoms with Crippen LogP contribution in [0.15, 0.2) is 45.4 Å². The predicted molar refractivity (Wildman–Crippen MR) is 92.7 cm³/mol. The molecule has 0 aliphatic carbocycles. The molecule has 7 nitrogen and oxygen atoms in total. The SMILES string of the molecule is O=C(C1=NN(CCO)C(=O)CC1)N(Cc1ccco1)Cc1cccs1. The minimum Gasteiger partial charge on any atom is -0.467 e. The molecule has 8 heteroatoms. The van der Waals surface area contributed by atoms with Crippen LogP contribution < -0.4 is 0 Å². The Kier molecular flexibility index (Phi) is 5.62. The number of carbonyl (C=O) groups excluding carboxylic acids is 2. The standard InChI is InChI=1S/C17H19N3O4S/c21-8-7-20-16(22)6-5-15(18-20)17(23)19(11-13-3-1-9-24-13)12-14-4-2-10-25-14/h1-4,9-10,21H,5-8,11-12H2. The number of hydrogen-bond acceptors (Lipinski definition) is 6. The molecule has 0 fully saturated rings. The van der Waals surface area contributed by atoms with Crippen molar-refractivity contribution in [2.75, 3.05) is 13.2 Å². The third-order valence-corrected chi connectivity index (χ3v) is 4.67. The molecule has 1 N–H and O–H groups in total. The van der Waals surface area contributed by atoms with Gasteiger partial charge in [0.2, 0.25) is 5.91 Å². The lowest BCUT2D eigenvalue weighted by Gasteiger charge is -2.26. The summed E-state index contributed by atoms with van der Waals surface area (Å²) in [6, 6.07) is 7.51. The molecule has 0 aromatic carbocycles. The zero-order valence-corrected chi connectivity index (χ0v) is 14.4. The van der Waals surface area contributed by atoms with Gasteiger partial charge in [-0.05, 0) is 23.6 Å². The highest BCUT2D eigenvalue weighted by atomic mass is 32.1. The summed E-state index contributed by atoms with van der Waals surface area (Å²) < 4.78 is 5.37. The van der Waals surface area contributed by atoms with E-state index in [4.69, 9.17) is 9.52 Å². The number of rotatable bonds is 7. The van der Waals surface area contributed by atoms with Gasteiger partial charge in [-0.2, -0.15) is 5.10 Å². The molecule has 0 unspecified atom stereocenters. The molecule has 132 valence electrons. The van der Waals surface area contributed by atoms with E-state index in [9.17, 15) is 9.59 Å². The number of amides is 2. The zero-order valence-electron chi connectivity index (χ0n) is 13.6. The maximum Gasteiger partial charge on any atom is 0.270 e. The van der Waals surface area contributed by atoms with Crippen molar-refractivity contribution in [2.24, 2.45) is 5.10 Å². The van der Waals surface area contributed by atoms with Crippen LogP contribution in [0.4, 0.5) is 0 Å². The summed E-state index contributed by atoms with van der Waals surface area (Å²) in [5.74, 6) is 0.284. The molecule has 2 aromatic heterocycles. The summed E-state index contributed by atoms with van der Waals surface area (Å²) >= 11 is 1.58. The van der Waals surface area contributed by atoms with Gasteiger partial charge in [0.15, 0.2) is 0 Å². The van der Waals surface area contributed by atoms with E-state index in [0.717, 1.165) is 4.88 Å². The highest BCUT2D eigenvalue weighted by Crippen LogP contribution is 2.18. The number of nitrogens with zero attached hydrogens (tertiary/aromatic N) is 3. The predicted octanol–water partition coefficient (Wildman–Crippen LogP) is 1.84. The van der Waals surface area contributed by atoms with E-state index in [0.29, 0.717) is 31.0 Å². The second-order valence-electron chi connectivity index (χ2n) is 5.61. The van der Waals surface area contributed by atoms with Crippen LogP contribution in [0.3, 0.4) is 0 Å². The number of β-amino-alcohol motifs (C(OH)–C–C–N with tert-alkyl or cyclic N) is 1. The van der Waals surface area contributed by atoms with Crippen molar-refractivity contribution in [3.05, 3.63) is 46.5 Å². The van der Waals surface area contributed by atoms with Crippen molar-refractivity contribution in [3.63, 3.8) is 0 Å². The minimum atomic E-state index is -0.222. The fourth-order valence-corrected chi connectivity index (χ4v) is 3.31. The number of aliphatic hydroxyl groups excluding tert-OH is 1. The average Bonchev–Trinajstić information content (AvgIpc) is 3.30. The highest BCUT2D eigenvalue weighted by Gasteiger charge is 2.28. The Morgan fingerprint density at radius 3 is 2.88 bits per heavy atom. The maximum atomic E-state index is 13.0. The number of hydrazone groups is 1. The van der Waals surface area contributed by atoms with E-state index in [-0.39, 0.29) is 31.4 Å². The summed E-state index contributed by atoms with van der Waals surface area (Å²) in [7, 11) is 0. The van der Waals surface area contributed by atoms with Gasteiger partial charge < -0.3 is 14.4 Å². The second kappa shape index (κ2) is 8.09. The Morgan fingerprint density at radius 2 is 2.20 bits per heavy atom. The summed E-state index contributed by atoms with van der Waals surface area (Å²) in [6.07, 6.45) is 2.10. The fourth-order valence-electron chi connectivity index (χ4n) is 2.59. The van der Waals surface area contributed by atoms with Gasteiger partial charge in [0, 0.05) is 17.7 Å². The lowest BCUT2D eigenvalue weighted by molar-refractivity contribution is -0.132. The van der Waals surface area contributed by atoms with Gasteiger partial charge in [-0.3, -0.25) is 9.59 Å². The van der Waals surface area contributed by atoms with Crippen LogP contribution in [0, 0.1) is 0 Å². The van der Waals surface area contributed by atoms with E-state index in [1.807, 2.05) is 23.6 Å². The van der Waals surface area contributed by atoms with Crippen molar-refractivity contribution in [2.45, 2.75) is 25.9 Å². The van der Waals surface area contributed by atoms with E-state index in [2.05, 4.69) is 5.10 Å². The van der Waals surface area contributed by atoms with Crippen LogP contribution >= 0.6 is 11.3 Å². The molecule has 3 heterocycles. The lowest BCUT2D eigenvalue weighted by atomic mass is 10.1. The van der Waals surface area contributed by atoms with Gasteiger partial charge in [0.1, 0.15) is 11.5 Å². The molecule has 0 atom stereocenters. The van der Waals surface area contributed by atoms with Gasteiger partial charge in [-0.15, -0.1) is 11.3 Å². The molecule has 0 spiro atoms. The van der Waals surface area contributed by atoms with E-state index in [1.54, 1.807) is 28.6 Å². The van der Waals surface area contributed by atoms with E-state index >= 15 is 0 Å². The first-order chi connectivity index (χ1) is 12.2. The van der Waals surface area contributed by atoms with Crippen LogP contribution in [0.2, 0.25) is 0 Å². The molecule has 0 bridgehead atoms. The summed E-state index contributed by atoms with van der Waals surface area (Å²) in [5, 5.41) is 16.3. The number of furan rings is 1.